The van der Waals surface area contributed by atoms with E-state index in [2.05, 4.69) is 12.1 Å². The van der Waals surface area contributed by atoms with Crippen LogP contribution in [0.15, 0.2) is 30.3 Å². The fourth-order valence-electron chi connectivity index (χ4n) is 2.24. The third-order valence-electron chi connectivity index (χ3n) is 3.42. The van der Waals surface area contributed by atoms with Crippen molar-refractivity contribution in [3.05, 3.63) is 35.9 Å². The van der Waals surface area contributed by atoms with Gasteiger partial charge in [-0.1, -0.05) is 30.3 Å². The van der Waals surface area contributed by atoms with Crippen LogP contribution in [-0.2, 0) is 20.9 Å². The first-order chi connectivity index (χ1) is 9.24. The molecule has 1 aromatic rings. The van der Waals surface area contributed by atoms with E-state index >= 15 is 0 Å². The Morgan fingerprint density at radius 2 is 2.00 bits per heavy atom. The van der Waals surface area contributed by atoms with E-state index in [1.807, 2.05) is 18.2 Å². The highest BCUT2D eigenvalue weighted by Crippen LogP contribution is 2.33. The van der Waals surface area contributed by atoms with Gasteiger partial charge in [0, 0.05) is 6.61 Å². The van der Waals surface area contributed by atoms with Crippen LogP contribution in [0.25, 0.3) is 0 Å². The molecule has 0 unspecified atom stereocenters. The van der Waals surface area contributed by atoms with E-state index in [0.29, 0.717) is 25.2 Å². The smallest absolute Gasteiger partial charge is 0.329 e. The largest absolute Gasteiger partial charge is 0.480 e. The molecule has 0 bridgehead atoms. The monoisotopic (exact) mass is 264 g/mol. The van der Waals surface area contributed by atoms with E-state index in [4.69, 9.17) is 14.6 Å². The summed E-state index contributed by atoms with van der Waals surface area (Å²) in [4.78, 5) is 10.3. The molecule has 0 aliphatic heterocycles. The maximum atomic E-state index is 10.3. The molecule has 0 saturated heterocycles. The molecule has 0 aromatic heterocycles. The molecule has 0 radical (unpaired) electrons. The molecule has 1 aliphatic carbocycles. The quantitative estimate of drug-likeness (QED) is 0.733. The van der Waals surface area contributed by atoms with Crippen molar-refractivity contribution in [3.63, 3.8) is 0 Å². The van der Waals surface area contributed by atoms with E-state index < -0.39 is 5.97 Å². The highest BCUT2D eigenvalue weighted by Gasteiger charge is 2.29. The molecule has 0 amide bonds. The molecule has 0 heterocycles. The fourth-order valence-corrected chi connectivity index (χ4v) is 2.24. The summed E-state index contributed by atoms with van der Waals surface area (Å²) >= 11 is 0. The van der Waals surface area contributed by atoms with Gasteiger partial charge in [0.1, 0.15) is 6.61 Å². The normalized spacial score (nSPS) is 21.9. The van der Waals surface area contributed by atoms with Crippen LogP contribution in [0.2, 0.25) is 0 Å². The van der Waals surface area contributed by atoms with Crippen LogP contribution in [0.1, 0.15) is 24.8 Å². The van der Waals surface area contributed by atoms with Gasteiger partial charge in [-0.2, -0.15) is 0 Å². The standard InChI is InChI=1S/C15H20O4/c16-15(17)11-18-7-6-13-8-14(9-13)19-10-12-4-2-1-3-5-12/h1-5,13-14H,6-11H2,(H,16,17). The molecule has 0 atom stereocenters. The van der Waals surface area contributed by atoms with Crippen molar-refractivity contribution in [2.24, 2.45) is 5.92 Å². The number of aliphatic carboxylic acids is 1. The summed E-state index contributed by atoms with van der Waals surface area (Å²) in [5.41, 5.74) is 1.20. The fraction of sp³-hybridized carbons (Fsp3) is 0.533. The molecule has 1 saturated carbocycles. The number of carbonyl (C=O) groups is 1. The maximum Gasteiger partial charge on any atom is 0.329 e. The number of carboxylic acid groups (broad SMARTS) is 1. The van der Waals surface area contributed by atoms with E-state index in [0.717, 1.165) is 19.3 Å². The molecule has 1 N–H and O–H groups in total. The van der Waals surface area contributed by atoms with Gasteiger partial charge in [-0.15, -0.1) is 0 Å². The van der Waals surface area contributed by atoms with Crippen molar-refractivity contribution >= 4 is 5.97 Å². The number of rotatable bonds is 8. The number of carboxylic acids is 1. The van der Waals surface area contributed by atoms with Gasteiger partial charge < -0.3 is 14.6 Å². The number of hydrogen-bond donors (Lipinski definition) is 1. The van der Waals surface area contributed by atoms with E-state index in [1.54, 1.807) is 0 Å². The number of ether oxygens (including phenoxy) is 2. The van der Waals surface area contributed by atoms with Gasteiger partial charge >= 0.3 is 5.97 Å². The molecule has 2 rings (SSSR count). The topological polar surface area (TPSA) is 55.8 Å². The second-order valence-electron chi connectivity index (χ2n) is 4.99. The lowest BCUT2D eigenvalue weighted by molar-refractivity contribution is -0.142. The molecule has 1 aliphatic rings. The van der Waals surface area contributed by atoms with Crippen LogP contribution in [0.3, 0.4) is 0 Å². The zero-order valence-corrected chi connectivity index (χ0v) is 11.0. The van der Waals surface area contributed by atoms with Crippen LogP contribution in [0.4, 0.5) is 0 Å². The minimum Gasteiger partial charge on any atom is -0.480 e. The Kier molecular flexibility index (Phi) is 5.36. The van der Waals surface area contributed by atoms with Gasteiger partial charge in [-0.25, -0.2) is 4.79 Å². The summed E-state index contributed by atoms with van der Waals surface area (Å²) in [6, 6.07) is 10.2. The summed E-state index contributed by atoms with van der Waals surface area (Å²) in [6.45, 7) is 1.01. The summed E-state index contributed by atoms with van der Waals surface area (Å²) < 4.78 is 10.8. The minimum absolute atomic E-state index is 0.194. The molecule has 4 nitrogen and oxygen atoms in total. The van der Waals surface area contributed by atoms with Crippen LogP contribution in [-0.4, -0.2) is 30.4 Å². The second kappa shape index (κ2) is 7.26. The SMILES string of the molecule is O=C(O)COCCC1CC(OCc2ccccc2)C1. The Balaban J connectivity index is 1.51. The molecular weight excluding hydrogens is 244 g/mol. The van der Waals surface area contributed by atoms with Crippen molar-refractivity contribution in [1.82, 2.24) is 0 Å². The van der Waals surface area contributed by atoms with Crippen LogP contribution >= 0.6 is 0 Å². The van der Waals surface area contributed by atoms with Crippen molar-refractivity contribution in [2.75, 3.05) is 13.2 Å². The van der Waals surface area contributed by atoms with Gasteiger partial charge in [-0.05, 0) is 30.7 Å². The highest BCUT2D eigenvalue weighted by atomic mass is 16.5. The molecular formula is C15H20O4. The predicted octanol–water partition coefficient (Wildman–Crippen LogP) is 2.47. The zero-order valence-electron chi connectivity index (χ0n) is 11.0. The molecule has 0 spiro atoms. The van der Waals surface area contributed by atoms with Gasteiger partial charge in [0.05, 0.1) is 12.7 Å². The third kappa shape index (κ3) is 5.01. The Bertz CT molecular complexity index is 384. The molecule has 19 heavy (non-hydrogen) atoms. The van der Waals surface area contributed by atoms with Crippen molar-refractivity contribution in [2.45, 2.75) is 32.0 Å². The Hall–Kier alpha value is -1.39. The molecule has 1 fully saturated rings. The first kappa shape index (κ1) is 14.0. The lowest BCUT2D eigenvalue weighted by atomic mass is 9.80. The van der Waals surface area contributed by atoms with Crippen LogP contribution in [0.5, 0.6) is 0 Å². The third-order valence-corrected chi connectivity index (χ3v) is 3.42. The van der Waals surface area contributed by atoms with Gasteiger partial charge in [-0.3, -0.25) is 0 Å². The zero-order chi connectivity index (χ0) is 13.5. The lowest BCUT2D eigenvalue weighted by Gasteiger charge is -2.35. The lowest BCUT2D eigenvalue weighted by Crippen LogP contribution is -2.32. The first-order valence-electron chi connectivity index (χ1n) is 6.69. The summed E-state index contributed by atoms with van der Waals surface area (Å²) in [5, 5.41) is 8.43. The molecule has 104 valence electrons. The van der Waals surface area contributed by atoms with Crippen LogP contribution < -0.4 is 0 Å². The summed E-state index contributed by atoms with van der Waals surface area (Å²) in [7, 11) is 0. The Morgan fingerprint density at radius 1 is 1.26 bits per heavy atom. The minimum atomic E-state index is -0.905. The van der Waals surface area contributed by atoms with Crippen molar-refractivity contribution in [1.29, 1.82) is 0 Å². The predicted molar refractivity (Wildman–Crippen MR) is 70.8 cm³/mol. The molecule has 1 aromatic carbocycles. The molecule has 4 heteroatoms. The van der Waals surface area contributed by atoms with E-state index in [-0.39, 0.29) is 6.61 Å². The highest BCUT2D eigenvalue weighted by molar-refractivity contribution is 5.67. The van der Waals surface area contributed by atoms with Gasteiger partial charge in [0.25, 0.3) is 0 Å². The van der Waals surface area contributed by atoms with Gasteiger partial charge in [0.2, 0.25) is 0 Å². The number of hydrogen-bond acceptors (Lipinski definition) is 3. The second-order valence-corrected chi connectivity index (χ2v) is 4.99. The van der Waals surface area contributed by atoms with Gasteiger partial charge in [0.15, 0.2) is 0 Å². The first-order valence-corrected chi connectivity index (χ1v) is 6.69. The Labute approximate surface area is 113 Å². The maximum absolute atomic E-state index is 10.3. The van der Waals surface area contributed by atoms with E-state index in [9.17, 15) is 4.79 Å². The average molecular weight is 264 g/mol. The Morgan fingerprint density at radius 3 is 2.68 bits per heavy atom. The van der Waals surface area contributed by atoms with Crippen LogP contribution in [0, 0.1) is 5.92 Å². The average Bonchev–Trinajstić information content (AvgIpc) is 2.36. The number of benzene rings is 1. The van der Waals surface area contributed by atoms with Crippen molar-refractivity contribution in [3.8, 4) is 0 Å². The van der Waals surface area contributed by atoms with Crippen molar-refractivity contribution < 1.29 is 19.4 Å². The van der Waals surface area contributed by atoms with E-state index in [1.165, 1.54) is 5.56 Å². The summed E-state index contributed by atoms with van der Waals surface area (Å²) in [6.07, 6.45) is 3.40. The summed E-state index contributed by atoms with van der Waals surface area (Å²) in [5.74, 6) is -0.285.